The Hall–Kier alpha value is 0.945. The van der Waals surface area contributed by atoms with Crippen LogP contribution in [-0.4, -0.2) is 50.8 Å². The average Bonchev–Trinajstić information content (AvgIpc) is 2.16. The Morgan fingerprint density at radius 2 is 1.40 bits per heavy atom. The predicted molar refractivity (Wildman–Crippen MR) is 69.0 cm³/mol. The largest absolute Gasteiger partial charge is 0.650 e. The zero-order chi connectivity index (χ0) is 12.3. The highest BCUT2D eigenvalue weighted by molar-refractivity contribution is 6.18. The Morgan fingerprint density at radius 1 is 1.00 bits per heavy atom. The molecule has 0 bridgehead atoms. The molecule has 3 nitrogen and oxygen atoms in total. The molecule has 0 aromatic heterocycles. The SMILES string of the molecule is CC(C)[O][AlH][O]C(C)C.CCC(C)[O][AlH2]. The molecule has 0 aliphatic carbocycles. The summed E-state index contributed by atoms with van der Waals surface area (Å²) in [4.78, 5) is 0. The van der Waals surface area contributed by atoms with Crippen molar-refractivity contribution in [2.24, 2.45) is 0 Å². The highest BCUT2D eigenvalue weighted by atomic mass is 27.2. The Balaban J connectivity index is 0. The van der Waals surface area contributed by atoms with Crippen LogP contribution in [0.3, 0.4) is 0 Å². The lowest BCUT2D eigenvalue weighted by Crippen LogP contribution is -2.14. The van der Waals surface area contributed by atoms with Crippen molar-refractivity contribution in [2.45, 2.75) is 66.3 Å². The van der Waals surface area contributed by atoms with Crippen LogP contribution in [0.4, 0.5) is 0 Å². The molecule has 0 fully saturated rings. The standard InChI is InChI=1S/C4H9O.2C3H7O.2Al.3H/c1-3-4(2)5;2*1-3(2)4;;;;;/h4H,3H2,1-2H3;2*3H,1-2H3;;;;;/q3*-1;+1;+2;;;. The Kier molecular flexibility index (Phi) is 15.9. The van der Waals surface area contributed by atoms with Crippen molar-refractivity contribution in [3.8, 4) is 0 Å². The van der Waals surface area contributed by atoms with E-state index in [-0.39, 0.29) is 0 Å². The minimum Gasteiger partial charge on any atom is -0.504 e. The van der Waals surface area contributed by atoms with Crippen LogP contribution in [0.2, 0.25) is 0 Å². The zero-order valence-corrected chi connectivity index (χ0v) is 14.8. The van der Waals surface area contributed by atoms with Gasteiger partial charge in [-0.25, -0.2) is 0 Å². The summed E-state index contributed by atoms with van der Waals surface area (Å²) in [5.41, 5.74) is 0. The Bertz CT molecular complexity index is 109. The molecular weight excluding hydrogens is 222 g/mol. The third kappa shape index (κ3) is 20.9. The summed E-state index contributed by atoms with van der Waals surface area (Å²) in [5.74, 6) is 0. The van der Waals surface area contributed by atoms with E-state index in [1.54, 1.807) is 0 Å². The van der Waals surface area contributed by atoms with Crippen LogP contribution in [0, 0.1) is 0 Å². The first kappa shape index (κ1) is 18.3. The quantitative estimate of drug-likeness (QED) is 0.666. The van der Waals surface area contributed by atoms with Crippen LogP contribution in [0.1, 0.15) is 48.0 Å². The second-order valence-electron chi connectivity index (χ2n) is 4.00. The molecule has 1 unspecified atom stereocenters. The Labute approximate surface area is 110 Å². The first-order valence-electron chi connectivity index (χ1n) is 5.69. The highest BCUT2D eigenvalue weighted by Crippen LogP contribution is 1.89. The maximum absolute atomic E-state index is 5.27. The van der Waals surface area contributed by atoms with Crippen LogP contribution in [0.25, 0.3) is 0 Å². The molecule has 0 heterocycles. The van der Waals surface area contributed by atoms with E-state index in [1.807, 2.05) is 27.7 Å². The van der Waals surface area contributed by atoms with Crippen molar-refractivity contribution in [1.82, 2.24) is 0 Å². The van der Waals surface area contributed by atoms with Gasteiger partial charge in [0, 0.05) is 18.3 Å². The molecule has 0 saturated carbocycles. The van der Waals surface area contributed by atoms with E-state index in [0.29, 0.717) is 18.3 Å². The topological polar surface area (TPSA) is 27.7 Å². The molecule has 0 spiro atoms. The lowest BCUT2D eigenvalue weighted by Gasteiger charge is -2.09. The molecule has 15 heavy (non-hydrogen) atoms. The van der Waals surface area contributed by atoms with Crippen molar-refractivity contribution in [1.29, 1.82) is 0 Å². The van der Waals surface area contributed by atoms with E-state index in [9.17, 15) is 0 Å². The minimum absolute atomic E-state index is 0.329. The molecule has 0 rings (SSSR count). The van der Waals surface area contributed by atoms with Crippen molar-refractivity contribution in [2.75, 3.05) is 0 Å². The van der Waals surface area contributed by atoms with Crippen molar-refractivity contribution >= 4 is 32.5 Å². The minimum atomic E-state index is -0.684. The smallest absolute Gasteiger partial charge is 0.504 e. The maximum Gasteiger partial charge on any atom is 0.650 e. The molecule has 0 amide bonds. The van der Waals surface area contributed by atoms with Gasteiger partial charge in [0.25, 0.3) is 0 Å². The van der Waals surface area contributed by atoms with Gasteiger partial charge in [-0.3, -0.25) is 0 Å². The molecule has 0 saturated heterocycles. The molecule has 0 N–H and O–H groups in total. The summed E-state index contributed by atoms with van der Waals surface area (Å²) in [6, 6.07) is 0. The van der Waals surface area contributed by atoms with Gasteiger partial charge in [-0.05, 0) is 41.0 Å². The third-order valence-electron chi connectivity index (χ3n) is 1.78. The molecule has 0 aromatic carbocycles. The molecule has 0 radical (unpaired) electrons. The van der Waals surface area contributed by atoms with Crippen LogP contribution in [0.5, 0.6) is 0 Å². The predicted octanol–water partition coefficient (Wildman–Crippen LogP) is 1.45. The van der Waals surface area contributed by atoms with E-state index >= 15 is 0 Å². The van der Waals surface area contributed by atoms with Crippen LogP contribution < -0.4 is 0 Å². The number of rotatable bonds is 6. The van der Waals surface area contributed by atoms with Gasteiger partial charge in [-0.2, -0.15) is 0 Å². The first-order chi connectivity index (χ1) is 6.93. The van der Waals surface area contributed by atoms with Gasteiger partial charge in [0.15, 0.2) is 0 Å². The molecule has 0 aliphatic rings. The zero-order valence-electron chi connectivity index (χ0n) is 11.4. The van der Waals surface area contributed by atoms with Crippen LogP contribution in [-0.2, 0) is 11.4 Å². The lowest BCUT2D eigenvalue weighted by atomic mass is 10.3. The third-order valence-corrected chi connectivity index (χ3v) is 4.19. The van der Waals surface area contributed by atoms with Gasteiger partial charge >= 0.3 is 32.5 Å². The fraction of sp³-hybridized carbons (Fsp3) is 1.00. The molecule has 5 heteroatoms. The lowest BCUT2D eigenvalue weighted by molar-refractivity contribution is 0.152. The number of hydrogen-bond donors (Lipinski definition) is 0. The van der Waals surface area contributed by atoms with Crippen LogP contribution >= 0.6 is 0 Å². The maximum atomic E-state index is 5.27. The van der Waals surface area contributed by atoms with E-state index in [0.717, 1.165) is 23.0 Å². The van der Waals surface area contributed by atoms with Gasteiger partial charge < -0.3 is 11.4 Å². The average molecular weight is 248 g/mol. The van der Waals surface area contributed by atoms with Crippen molar-refractivity contribution in [3.63, 3.8) is 0 Å². The first-order valence-corrected chi connectivity index (χ1v) is 7.67. The van der Waals surface area contributed by atoms with E-state index in [2.05, 4.69) is 13.8 Å². The monoisotopic (exact) mass is 248 g/mol. The van der Waals surface area contributed by atoms with E-state index in [1.165, 1.54) is 0 Å². The summed E-state index contributed by atoms with van der Waals surface area (Å²) < 4.78 is 15.6. The van der Waals surface area contributed by atoms with Gasteiger partial charge in [0.05, 0.1) is 0 Å². The normalized spacial score (nSPS) is 12.3. The van der Waals surface area contributed by atoms with Crippen molar-refractivity contribution in [3.05, 3.63) is 0 Å². The summed E-state index contributed by atoms with van der Waals surface area (Å²) in [7, 11) is 0. The van der Waals surface area contributed by atoms with E-state index < -0.39 is 15.9 Å². The molecule has 0 aliphatic heterocycles. The highest BCUT2D eigenvalue weighted by Gasteiger charge is 2.01. The van der Waals surface area contributed by atoms with Gasteiger partial charge in [-0.1, -0.05) is 6.92 Å². The molecule has 90 valence electrons. The van der Waals surface area contributed by atoms with Crippen LogP contribution in [0.15, 0.2) is 0 Å². The van der Waals surface area contributed by atoms with Gasteiger partial charge in [0.1, 0.15) is 0 Å². The fourth-order valence-electron chi connectivity index (χ4n) is 0.478. The van der Waals surface area contributed by atoms with E-state index in [4.69, 9.17) is 11.4 Å². The molecule has 0 aromatic rings. The molecule has 1 atom stereocenters. The second kappa shape index (κ2) is 13.0. The summed E-state index contributed by atoms with van der Waals surface area (Å²) in [6.45, 7) is 12.3. The summed E-state index contributed by atoms with van der Waals surface area (Å²) in [5, 5.41) is 0. The van der Waals surface area contributed by atoms with Crippen molar-refractivity contribution < 1.29 is 11.4 Å². The second-order valence-corrected chi connectivity index (χ2v) is 5.38. The summed E-state index contributed by atoms with van der Waals surface area (Å²) in [6.07, 6.45) is 2.30. The fourth-order valence-corrected chi connectivity index (χ4v) is 1.43. The Morgan fingerprint density at radius 3 is 1.53 bits per heavy atom. The number of hydrogen-bond acceptors (Lipinski definition) is 3. The van der Waals surface area contributed by atoms with Gasteiger partial charge in [-0.15, -0.1) is 0 Å². The van der Waals surface area contributed by atoms with Gasteiger partial charge in [0.2, 0.25) is 0 Å². The summed E-state index contributed by atoms with van der Waals surface area (Å²) >= 11 is 0.199. The molecular formula is C10H26Al2O3.